The van der Waals surface area contributed by atoms with Crippen LogP contribution in [0, 0.1) is 0 Å². The summed E-state index contributed by atoms with van der Waals surface area (Å²) in [6.45, 7) is 2.68. The van der Waals surface area contributed by atoms with E-state index in [0.29, 0.717) is 17.9 Å². The molecule has 1 aromatic carbocycles. The largest absolute Gasteiger partial charge is 0.464 e. The van der Waals surface area contributed by atoms with E-state index >= 15 is 0 Å². The molecule has 4 heteroatoms. The molecule has 0 radical (unpaired) electrons. The molecule has 2 N–H and O–H groups in total. The van der Waals surface area contributed by atoms with E-state index in [4.69, 9.17) is 10.5 Å². The number of aromatic nitrogens is 1. The number of esters is 1. The summed E-state index contributed by atoms with van der Waals surface area (Å²) in [4.78, 5) is 11.9. The Morgan fingerprint density at radius 1 is 1.28 bits per heavy atom. The predicted octanol–water partition coefficient (Wildman–Crippen LogP) is 2.54. The molecule has 0 aliphatic heterocycles. The molecule has 0 aliphatic rings. The third-order valence-corrected chi connectivity index (χ3v) is 2.93. The predicted molar refractivity (Wildman–Crippen MR) is 71.3 cm³/mol. The van der Waals surface area contributed by atoms with Crippen molar-refractivity contribution in [1.29, 1.82) is 0 Å². The van der Waals surface area contributed by atoms with Crippen LogP contribution in [-0.2, 0) is 11.3 Å². The number of hydrogen-bond donors (Lipinski definition) is 1. The molecule has 18 heavy (non-hydrogen) atoms. The first kappa shape index (κ1) is 12.2. The molecule has 4 nitrogen and oxygen atoms in total. The number of methoxy groups -OCH3 is 1. The zero-order valence-electron chi connectivity index (χ0n) is 10.5. The molecule has 0 saturated heterocycles. The normalized spacial score (nSPS) is 10.3. The highest BCUT2D eigenvalue weighted by Crippen LogP contribution is 2.30. The number of benzene rings is 1. The van der Waals surface area contributed by atoms with E-state index in [0.717, 1.165) is 11.1 Å². The molecule has 2 rings (SSSR count). The van der Waals surface area contributed by atoms with Crippen LogP contribution >= 0.6 is 0 Å². The summed E-state index contributed by atoms with van der Waals surface area (Å²) < 4.78 is 6.69. The fraction of sp³-hybridized carbons (Fsp3) is 0.214. The van der Waals surface area contributed by atoms with Gasteiger partial charge in [-0.2, -0.15) is 0 Å². The molecule has 0 fully saturated rings. The minimum Gasteiger partial charge on any atom is -0.464 e. The van der Waals surface area contributed by atoms with Crippen molar-refractivity contribution >= 4 is 11.7 Å². The van der Waals surface area contributed by atoms with Gasteiger partial charge in [-0.15, -0.1) is 0 Å². The Kier molecular flexibility index (Phi) is 3.37. The van der Waals surface area contributed by atoms with Gasteiger partial charge in [-0.25, -0.2) is 4.79 Å². The van der Waals surface area contributed by atoms with Gasteiger partial charge in [-0.05, 0) is 19.1 Å². The lowest BCUT2D eigenvalue weighted by Gasteiger charge is -2.09. The van der Waals surface area contributed by atoms with Gasteiger partial charge in [0.15, 0.2) is 0 Å². The van der Waals surface area contributed by atoms with Crippen LogP contribution in [0.25, 0.3) is 11.1 Å². The number of nitrogen functional groups attached to an aromatic ring is 1. The Bertz CT molecular complexity index is 573. The van der Waals surface area contributed by atoms with Gasteiger partial charge in [0.1, 0.15) is 5.69 Å². The number of carbonyl (C=O) groups is 1. The lowest BCUT2D eigenvalue weighted by atomic mass is 10.0. The Labute approximate surface area is 106 Å². The number of nitrogens with zero attached hydrogens (tertiary/aromatic N) is 1. The maximum Gasteiger partial charge on any atom is 0.355 e. The first-order valence-corrected chi connectivity index (χ1v) is 5.81. The van der Waals surface area contributed by atoms with Crippen molar-refractivity contribution in [2.45, 2.75) is 13.5 Å². The van der Waals surface area contributed by atoms with E-state index in [9.17, 15) is 4.79 Å². The molecule has 0 bridgehead atoms. The number of rotatable bonds is 3. The number of ether oxygens (including phenoxy) is 1. The van der Waals surface area contributed by atoms with E-state index in [1.165, 1.54) is 7.11 Å². The molecule has 0 unspecified atom stereocenters. The summed E-state index contributed by atoms with van der Waals surface area (Å²) in [5.74, 6) is -0.347. The highest BCUT2D eigenvalue weighted by molar-refractivity contribution is 5.97. The van der Waals surface area contributed by atoms with Crippen molar-refractivity contribution in [3.63, 3.8) is 0 Å². The second kappa shape index (κ2) is 4.96. The summed E-state index contributed by atoms with van der Waals surface area (Å²) in [6, 6.07) is 9.38. The van der Waals surface area contributed by atoms with E-state index in [1.807, 2.05) is 48.0 Å². The van der Waals surface area contributed by atoms with Gasteiger partial charge in [0.2, 0.25) is 0 Å². The van der Waals surface area contributed by atoms with Crippen LogP contribution < -0.4 is 5.73 Å². The second-order valence-corrected chi connectivity index (χ2v) is 3.94. The van der Waals surface area contributed by atoms with Crippen molar-refractivity contribution in [2.24, 2.45) is 0 Å². The Hall–Kier alpha value is -2.23. The molecular formula is C14H16N2O2. The lowest BCUT2D eigenvalue weighted by Crippen LogP contribution is -2.10. The first-order chi connectivity index (χ1) is 8.69. The van der Waals surface area contributed by atoms with Crippen LogP contribution in [0.2, 0.25) is 0 Å². The zero-order chi connectivity index (χ0) is 13.1. The molecule has 0 saturated carbocycles. The fourth-order valence-electron chi connectivity index (χ4n) is 2.02. The van der Waals surface area contributed by atoms with Crippen LogP contribution in [0.3, 0.4) is 0 Å². The summed E-state index contributed by atoms with van der Waals surface area (Å²) in [6.07, 6.45) is 1.87. The van der Waals surface area contributed by atoms with Gasteiger partial charge < -0.3 is 15.0 Å². The van der Waals surface area contributed by atoms with Crippen molar-refractivity contribution < 1.29 is 9.53 Å². The SMILES string of the molecule is CCn1ccc(-c2ccccc2N)c1C(=O)OC. The van der Waals surface area contributed by atoms with Gasteiger partial charge in [0.25, 0.3) is 0 Å². The highest BCUT2D eigenvalue weighted by Gasteiger charge is 2.19. The molecule has 0 aliphatic carbocycles. The van der Waals surface area contributed by atoms with Gasteiger partial charge in [-0.3, -0.25) is 0 Å². The van der Waals surface area contributed by atoms with Gasteiger partial charge >= 0.3 is 5.97 Å². The molecule has 0 amide bonds. The van der Waals surface area contributed by atoms with E-state index in [1.54, 1.807) is 0 Å². The maximum absolute atomic E-state index is 11.9. The maximum atomic E-state index is 11.9. The Balaban J connectivity index is 2.62. The Morgan fingerprint density at radius 3 is 2.61 bits per heavy atom. The van der Waals surface area contributed by atoms with Crippen molar-refractivity contribution in [2.75, 3.05) is 12.8 Å². The average molecular weight is 244 g/mol. The number of carbonyl (C=O) groups excluding carboxylic acids is 1. The van der Waals surface area contributed by atoms with Crippen molar-refractivity contribution in [3.05, 3.63) is 42.2 Å². The van der Waals surface area contributed by atoms with Gasteiger partial charge in [0, 0.05) is 29.6 Å². The molecule has 0 spiro atoms. The van der Waals surface area contributed by atoms with E-state index < -0.39 is 0 Å². The monoisotopic (exact) mass is 244 g/mol. The summed E-state index contributed by atoms with van der Waals surface area (Å²) in [5, 5.41) is 0. The van der Waals surface area contributed by atoms with Crippen LogP contribution in [0.15, 0.2) is 36.5 Å². The average Bonchev–Trinajstić information content (AvgIpc) is 2.82. The van der Waals surface area contributed by atoms with Crippen LogP contribution in [0.4, 0.5) is 5.69 Å². The number of anilines is 1. The quantitative estimate of drug-likeness (QED) is 0.666. The topological polar surface area (TPSA) is 57.2 Å². The van der Waals surface area contributed by atoms with Crippen LogP contribution in [-0.4, -0.2) is 17.6 Å². The lowest BCUT2D eigenvalue weighted by molar-refractivity contribution is 0.0589. The zero-order valence-corrected chi connectivity index (χ0v) is 10.5. The minimum atomic E-state index is -0.347. The summed E-state index contributed by atoms with van der Waals surface area (Å²) in [7, 11) is 1.38. The number of hydrogen-bond acceptors (Lipinski definition) is 3. The number of aryl methyl sites for hydroxylation is 1. The fourth-order valence-corrected chi connectivity index (χ4v) is 2.02. The third kappa shape index (κ3) is 1.97. The summed E-state index contributed by atoms with van der Waals surface area (Å²) >= 11 is 0. The molecule has 2 aromatic rings. The van der Waals surface area contributed by atoms with Crippen molar-refractivity contribution in [1.82, 2.24) is 4.57 Å². The number of nitrogens with two attached hydrogens (primary N) is 1. The van der Waals surface area contributed by atoms with Gasteiger partial charge in [0.05, 0.1) is 7.11 Å². The van der Waals surface area contributed by atoms with Crippen molar-refractivity contribution in [3.8, 4) is 11.1 Å². The molecule has 1 aromatic heterocycles. The molecule has 1 heterocycles. The number of para-hydroxylation sites is 1. The minimum absolute atomic E-state index is 0.347. The molecule has 94 valence electrons. The Morgan fingerprint density at radius 2 is 2.00 bits per heavy atom. The highest BCUT2D eigenvalue weighted by atomic mass is 16.5. The third-order valence-electron chi connectivity index (χ3n) is 2.93. The molecular weight excluding hydrogens is 228 g/mol. The summed E-state index contributed by atoms with van der Waals surface area (Å²) in [5.41, 5.74) is 8.80. The molecule has 0 atom stereocenters. The van der Waals surface area contributed by atoms with E-state index in [-0.39, 0.29) is 5.97 Å². The standard InChI is InChI=1S/C14H16N2O2/c1-3-16-9-8-11(13(16)14(17)18-2)10-6-4-5-7-12(10)15/h4-9H,3,15H2,1-2H3. The van der Waals surface area contributed by atoms with Crippen LogP contribution in [0.1, 0.15) is 17.4 Å². The smallest absolute Gasteiger partial charge is 0.355 e. The van der Waals surface area contributed by atoms with Gasteiger partial charge in [-0.1, -0.05) is 18.2 Å². The second-order valence-electron chi connectivity index (χ2n) is 3.94. The van der Waals surface area contributed by atoms with E-state index in [2.05, 4.69) is 0 Å². The first-order valence-electron chi connectivity index (χ1n) is 5.81. The van der Waals surface area contributed by atoms with Crippen LogP contribution in [0.5, 0.6) is 0 Å².